The fraction of sp³-hybridized carbons (Fsp3) is 0.364. The molecule has 0 bridgehead atoms. The standard InChI is InChI=1S/C22H27N3O2/c1-22(2,3)17-7-4-14(5-8-17)21(26)25-11-10-16-13-27-19-9-6-15(20(23)24)12-18(16)19/h4-9,12,16H,10-11,13H2,1-3H3,(H3,23,24)(H,25,26). The van der Waals surface area contributed by atoms with Gasteiger partial charge in [-0.15, -0.1) is 0 Å². The zero-order valence-electron chi connectivity index (χ0n) is 16.1. The third kappa shape index (κ3) is 4.30. The van der Waals surface area contributed by atoms with Gasteiger partial charge >= 0.3 is 0 Å². The normalized spacial score (nSPS) is 15.7. The second-order valence-corrected chi connectivity index (χ2v) is 8.05. The Bertz CT molecular complexity index is 851. The summed E-state index contributed by atoms with van der Waals surface area (Å²) in [5.41, 5.74) is 9.30. The van der Waals surface area contributed by atoms with Gasteiger partial charge in [-0.25, -0.2) is 0 Å². The van der Waals surface area contributed by atoms with E-state index in [9.17, 15) is 4.79 Å². The lowest BCUT2D eigenvalue weighted by Crippen LogP contribution is -2.26. The van der Waals surface area contributed by atoms with Crippen LogP contribution in [-0.2, 0) is 5.41 Å². The first kappa shape index (κ1) is 19.0. The van der Waals surface area contributed by atoms with Crippen LogP contribution in [-0.4, -0.2) is 24.9 Å². The number of nitrogens with one attached hydrogen (secondary N) is 2. The van der Waals surface area contributed by atoms with Crippen molar-refractivity contribution in [2.75, 3.05) is 13.2 Å². The molecule has 0 aliphatic carbocycles. The quantitative estimate of drug-likeness (QED) is 0.559. The van der Waals surface area contributed by atoms with Crippen LogP contribution in [0.5, 0.6) is 5.75 Å². The van der Waals surface area contributed by atoms with E-state index in [1.165, 1.54) is 5.56 Å². The summed E-state index contributed by atoms with van der Waals surface area (Å²) in [6.45, 7) is 7.62. The Hall–Kier alpha value is -2.82. The van der Waals surface area contributed by atoms with E-state index in [4.69, 9.17) is 15.9 Å². The number of amidine groups is 1. The fourth-order valence-electron chi connectivity index (χ4n) is 3.27. The summed E-state index contributed by atoms with van der Waals surface area (Å²) < 4.78 is 5.71. The van der Waals surface area contributed by atoms with Crippen molar-refractivity contribution in [3.63, 3.8) is 0 Å². The minimum Gasteiger partial charge on any atom is -0.493 e. The Morgan fingerprint density at radius 3 is 2.48 bits per heavy atom. The van der Waals surface area contributed by atoms with Crippen molar-refractivity contribution in [2.45, 2.75) is 38.5 Å². The molecule has 0 saturated heterocycles. The first-order valence-electron chi connectivity index (χ1n) is 9.25. The van der Waals surface area contributed by atoms with Gasteiger partial charge in [0.2, 0.25) is 0 Å². The van der Waals surface area contributed by atoms with E-state index >= 15 is 0 Å². The van der Waals surface area contributed by atoms with Crippen molar-refractivity contribution >= 4 is 11.7 Å². The monoisotopic (exact) mass is 365 g/mol. The molecule has 142 valence electrons. The second kappa shape index (κ2) is 7.43. The molecular weight excluding hydrogens is 338 g/mol. The number of nitrogens with two attached hydrogens (primary N) is 1. The Balaban J connectivity index is 1.57. The predicted octanol–water partition coefficient (Wildman–Crippen LogP) is 3.56. The van der Waals surface area contributed by atoms with Crippen LogP contribution in [0.4, 0.5) is 0 Å². The molecule has 1 unspecified atom stereocenters. The molecule has 2 aromatic rings. The van der Waals surface area contributed by atoms with E-state index in [1.54, 1.807) is 6.07 Å². The minimum absolute atomic E-state index is 0.0513. The van der Waals surface area contributed by atoms with Gasteiger partial charge in [-0.05, 0) is 47.7 Å². The average molecular weight is 365 g/mol. The van der Waals surface area contributed by atoms with Crippen LogP contribution in [0.3, 0.4) is 0 Å². The highest BCUT2D eigenvalue weighted by Gasteiger charge is 2.24. The summed E-state index contributed by atoms with van der Waals surface area (Å²) in [5, 5.41) is 10.6. The number of fused-ring (bicyclic) bond motifs is 1. The fourth-order valence-corrected chi connectivity index (χ4v) is 3.27. The molecule has 0 aromatic heterocycles. The molecule has 4 N–H and O–H groups in total. The number of carbonyl (C=O) groups excluding carboxylic acids is 1. The summed E-state index contributed by atoms with van der Waals surface area (Å²) in [6.07, 6.45) is 0.778. The lowest BCUT2D eigenvalue weighted by Gasteiger charge is -2.19. The summed E-state index contributed by atoms with van der Waals surface area (Å²) >= 11 is 0. The smallest absolute Gasteiger partial charge is 0.251 e. The zero-order valence-corrected chi connectivity index (χ0v) is 16.1. The van der Waals surface area contributed by atoms with E-state index in [0.717, 1.165) is 17.7 Å². The van der Waals surface area contributed by atoms with Crippen LogP contribution >= 0.6 is 0 Å². The summed E-state index contributed by atoms with van der Waals surface area (Å²) in [4.78, 5) is 12.4. The molecule has 0 fully saturated rings. The topological polar surface area (TPSA) is 88.2 Å². The number of benzene rings is 2. The number of rotatable bonds is 5. The molecule has 1 aliphatic rings. The summed E-state index contributed by atoms with van der Waals surface area (Å²) in [6, 6.07) is 13.4. The molecule has 5 nitrogen and oxygen atoms in total. The van der Waals surface area contributed by atoms with E-state index < -0.39 is 0 Å². The lowest BCUT2D eigenvalue weighted by molar-refractivity contribution is 0.0952. The number of amides is 1. The average Bonchev–Trinajstić information content (AvgIpc) is 3.03. The van der Waals surface area contributed by atoms with E-state index in [2.05, 4.69) is 26.1 Å². The molecule has 2 aromatic carbocycles. The first-order valence-corrected chi connectivity index (χ1v) is 9.25. The maximum absolute atomic E-state index is 12.4. The minimum atomic E-state index is -0.0629. The van der Waals surface area contributed by atoms with E-state index in [-0.39, 0.29) is 23.1 Å². The van der Waals surface area contributed by atoms with Gasteiger partial charge in [0.1, 0.15) is 11.6 Å². The Morgan fingerprint density at radius 1 is 1.19 bits per heavy atom. The van der Waals surface area contributed by atoms with Gasteiger partial charge in [0.25, 0.3) is 5.91 Å². The van der Waals surface area contributed by atoms with E-state index in [1.807, 2.05) is 36.4 Å². The number of hydrogen-bond donors (Lipinski definition) is 3. The third-order valence-electron chi connectivity index (χ3n) is 4.99. The van der Waals surface area contributed by atoms with Crippen molar-refractivity contribution in [1.29, 1.82) is 5.41 Å². The molecule has 0 spiro atoms. The Kier molecular flexibility index (Phi) is 5.22. The Morgan fingerprint density at radius 2 is 1.85 bits per heavy atom. The molecule has 0 saturated carbocycles. The lowest BCUT2D eigenvalue weighted by atomic mass is 9.87. The van der Waals surface area contributed by atoms with Gasteiger partial charge in [-0.1, -0.05) is 32.9 Å². The van der Waals surface area contributed by atoms with Crippen molar-refractivity contribution in [2.24, 2.45) is 5.73 Å². The van der Waals surface area contributed by atoms with Gasteiger partial charge in [0.05, 0.1) is 6.61 Å². The molecule has 27 heavy (non-hydrogen) atoms. The molecule has 1 heterocycles. The van der Waals surface area contributed by atoms with Crippen molar-refractivity contribution < 1.29 is 9.53 Å². The molecule has 1 atom stereocenters. The van der Waals surface area contributed by atoms with Crippen LogP contribution in [0.15, 0.2) is 42.5 Å². The highest BCUT2D eigenvalue weighted by atomic mass is 16.5. The molecule has 1 aliphatic heterocycles. The molecule has 0 radical (unpaired) electrons. The van der Waals surface area contributed by atoms with Crippen molar-refractivity contribution in [3.8, 4) is 5.75 Å². The van der Waals surface area contributed by atoms with Gasteiger partial charge in [-0.3, -0.25) is 10.2 Å². The van der Waals surface area contributed by atoms with Crippen LogP contribution < -0.4 is 15.8 Å². The number of nitrogen functional groups attached to an aromatic ring is 1. The number of ether oxygens (including phenoxy) is 1. The van der Waals surface area contributed by atoms with Gasteiger partial charge in [0, 0.05) is 29.2 Å². The zero-order chi connectivity index (χ0) is 19.6. The van der Waals surface area contributed by atoms with Gasteiger partial charge < -0.3 is 15.8 Å². The third-order valence-corrected chi connectivity index (χ3v) is 4.99. The maximum atomic E-state index is 12.4. The molecule has 5 heteroatoms. The van der Waals surface area contributed by atoms with Gasteiger partial charge in [0.15, 0.2) is 0 Å². The largest absolute Gasteiger partial charge is 0.493 e. The number of hydrogen-bond acceptors (Lipinski definition) is 3. The molecule has 1 amide bonds. The van der Waals surface area contributed by atoms with Crippen LogP contribution in [0.2, 0.25) is 0 Å². The number of carbonyl (C=O) groups is 1. The van der Waals surface area contributed by atoms with Crippen molar-refractivity contribution in [3.05, 3.63) is 64.7 Å². The summed E-state index contributed by atoms with van der Waals surface area (Å²) in [7, 11) is 0. The van der Waals surface area contributed by atoms with Crippen molar-refractivity contribution in [1.82, 2.24) is 5.32 Å². The highest BCUT2D eigenvalue weighted by molar-refractivity contribution is 5.95. The SMILES string of the molecule is CC(C)(C)c1ccc(C(=O)NCCC2COc3ccc(C(=N)N)cc32)cc1. The molecule has 3 rings (SSSR count). The van der Waals surface area contributed by atoms with Crippen LogP contribution in [0.25, 0.3) is 0 Å². The maximum Gasteiger partial charge on any atom is 0.251 e. The highest BCUT2D eigenvalue weighted by Crippen LogP contribution is 2.36. The van der Waals surface area contributed by atoms with Crippen LogP contribution in [0.1, 0.15) is 60.2 Å². The van der Waals surface area contributed by atoms with Gasteiger partial charge in [-0.2, -0.15) is 0 Å². The first-order chi connectivity index (χ1) is 12.8. The predicted molar refractivity (Wildman–Crippen MR) is 108 cm³/mol. The summed E-state index contributed by atoms with van der Waals surface area (Å²) in [5.74, 6) is 1.03. The Labute approximate surface area is 160 Å². The van der Waals surface area contributed by atoms with E-state index in [0.29, 0.717) is 24.3 Å². The molecular formula is C22H27N3O2. The van der Waals surface area contributed by atoms with Crippen LogP contribution in [0, 0.1) is 5.41 Å². The second-order valence-electron chi connectivity index (χ2n) is 8.05.